The highest BCUT2D eigenvalue weighted by molar-refractivity contribution is 7.98. The maximum atomic E-state index is 5.75. The molecule has 0 aliphatic rings. The third-order valence-corrected chi connectivity index (χ3v) is 3.23. The van der Waals surface area contributed by atoms with Gasteiger partial charge in [0.2, 0.25) is 0 Å². The fourth-order valence-corrected chi connectivity index (χ4v) is 2.03. The molecule has 0 saturated carbocycles. The van der Waals surface area contributed by atoms with Crippen molar-refractivity contribution in [2.45, 2.75) is 25.7 Å². The van der Waals surface area contributed by atoms with Gasteiger partial charge in [-0.15, -0.1) is 0 Å². The Bertz CT molecular complexity index is 277. The van der Waals surface area contributed by atoms with E-state index in [9.17, 15) is 0 Å². The van der Waals surface area contributed by atoms with Gasteiger partial charge < -0.3 is 5.32 Å². The lowest BCUT2D eigenvalue weighted by atomic mass is 10.2. The van der Waals surface area contributed by atoms with Gasteiger partial charge in [-0.3, -0.25) is 0 Å². The molecule has 1 N–H and O–H groups in total. The molecule has 0 amide bonds. The highest BCUT2D eigenvalue weighted by Gasteiger charge is 1.93. The second-order valence-electron chi connectivity index (χ2n) is 3.70. The summed E-state index contributed by atoms with van der Waals surface area (Å²) in [6.45, 7) is 0.994. The molecule has 0 spiro atoms. The van der Waals surface area contributed by atoms with Gasteiger partial charge in [-0.1, -0.05) is 24.4 Å². The van der Waals surface area contributed by atoms with Crippen LogP contribution in [0.1, 0.15) is 25.7 Å². The van der Waals surface area contributed by atoms with Crippen LogP contribution >= 0.6 is 23.4 Å². The Morgan fingerprint density at radius 3 is 2.75 bits per heavy atom. The number of aromatic nitrogens is 1. The van der Waals surface area contributed by atoms with Crippen molar-refractivity contribution in [2.75, 3.05) is 23.9 Å². The van der Waals surface area contributed by atoms with Gasteiger partial charge in [0.1, 0.15) is 5.82 Å². The second-order valence-corrected chi connectivity index (χ2v) is 5.12. The minimum atomic E-state index is 0.683. The molecular formula is C12H19ClN2S. The normalized spacial score (nSPS) is 10.4. The van der Waals surface area contributed by atoms with Crippen LogP contribution in [0.4, 0.5) is 5.82 Å². The van der Waals surface area contributed by atoms with Crippen molar-refractivity contribution in [1.29, 1.82) is 0 Å². The summed E-state index contributed by atoms with van der Waals surface area (Å²) in [5.74, 6) is 2.19. The van der Waals surface area contributed by atoms with Crippen LogP contribution in [0, 0.1) is 0 Å². The summed E-state index contributed by atoms with van der Waals surface area (Å²) in [6.07, 6.45) is 8.99. The van der Waals surface area contributed by atoms with Crippen molar-refractivity contribution in [3.63, 3.8) is 0 Å². The minimum absolute atomic E-state index is 0.683. The lowest BCUT2D eigenvalue weighted by Gasteiger charge is -2.05. The quantitative estimate of drug-likeness (QED) is 0.712. The molecule has 0 aromatic carbocycles. The van der Waals surface area contributed by atoms with Crippen molar-refractivity contribution < 1.29 is 0 Å². The van der Waals surface area contributed by atoms with Crippen LogP contribution in [0.2, 0.25) is 5.02 Å². The molecule has 1 aromatic rings. The van der Waals surface area contributed by atoms with Crippen molar-refractivity contribution in [2.24, 2.45) is 0 Å². The molecule has 16 heavy (non-hydrogen) atoms. The maximum absolute atomic E-state index is 5.75. The van der Waals surface area contributed by atoms with Crippen LogP contribution in [0.15, 0.2) is 18.3 Å². The zero-order chi connectivity index (χ0) is 11.6. The number of nitrogens with one attached hydrogen (secondary N) is 1. The molecule has 0 aliphatic carbocycles. The van der Waals surface area contributed by atoms with Gasteiger partial charge in [-0.25, -0.2) is 4.98 Å². The molecule has 4 heteroatoms. The average Bonchev–Trinajstić information content (AvgIpc) is 2.30. The van der Waals surface area contributed by atoms with Crippen LogP contribution < -0.4 is 5.32 Å². The van der Waals surface area contributed by atoms with Crippen LogP contribution in [0.25, 0.3) is 0 Å². The van der Waals surface area contributed by atoms with Crippen LogP contribution in [-0.2, 0) is 0 Å². The summed E-state index contributed by atoms with van der Waals surface area (Å²) in [7, 11) is 0. The van der Waals surface area contributed by atoms with E-state index in [1.807, 2.05) is 23.9 Å². The summed E-state index contributed by atoms with van der Waals surface area (Å²) >= 11 is 7.68. The highest BCUT2D eigenvalue weighted by atomic mass is 35.5. The zero-order valence-corrected chi connectivity index (χ0v) is 11.3. The average molecular weight is 259 g/mol. The van der Waals surface area contributed by atoms with Crippen molar-refractivity contribution in [3.8, 4) is 0 Å². The zero-order valence-electron chi connectivity index (χ0n) is 9.71. The largest absolute Gasteiger partial charge is 0.370 e. The predicted molar refractivity (Wildman–Crippen MR) is 74.6 cm³/mol. The third-order valence-electron chi connectivity index (χ3n) is 2.31. The van der Waals surface area contributed by atoms with E-state index in [0.29, 0.717) is 5.02 Å². The summed E-state index contributed by atoms with van der Waals surface area (Å²) in [5, 5.41) is 3.97. The van der Waals surface area contributed by atoms with Gasteiger partial charge in [0.25, 0.3) is 0 Å². The van der Waals surface area contributed by atoms with E-state index in [2.05, 4.69) is 16.6 Å². The number of hydrogen-bond donors (Lipinski definition) is 1. The number of pyridine rings is 1. The van der Waals surface area contributed by atoms with Crippen LogP contribution in [0.3, 0.4) is 0 Å². The van der Waals surface area contributed by atoms with Gasteiger partial charge in [-0.05, 0) is 37.0 Å². The molecular weight excluding hydrogens is 240 g/mol. The molecule has 0 unspecified atom stereocenters. The van der Waals surface area contributed by atoms with E-state index in [4.69, 9.17) is 11.6 Å². The number of hydrogen-bond acceptors (Lipinski definition) is 3. The number of rotatable bonds is 8. The Balaban J connectivity index is 2.01. The summed E-state index contributed by atoms with van der Waals surface area (Å²) < 4.78 is 0. The molecule has 0 fully saturated rings. The standard InChI is InChI=1S/C12H19ClN2S/c1-16-9-5-3-2-4-8-14-12-7-6-11(13)10-15-12/h6-7,10H,2-5,8-9H2,1H3,(H,14,15). The van der Waals surface area contributed by atoms with E-state index in [-0.39, 0.29) is 0 Å². The third kappa shape index (κ3) is 6.23. The molecule has 2 nitrogen and oxygen atoms in total. The summed E-state index contributed by atoms with van der Waals surface area (Å²) in [6, 6.07) is 3.77. The van der Waals surface area contributed by atoms with E-state index < -0.39 is 0 Å². The monoisotopic (exact) mass is 258 g/mol. The first-order valence-corrected chi connectivity index (χ1v) is 7.44. The van der Waals surface area contributed by atoms with Crippen LogP contribution in [-0.4, -0.2) is 23.5 Å². The van der Waals surface area contributed by atoms with E-state index >= 15 is 0 Å². The topological polar surface area (TPSA) is 24.9 Å². The predicted octanol–water partition coefficient (Wildman–Crippen LogP) is 4.07. The van der Waals surface area contributed by atoms with Gasteiger partial charge in [0.15, 0.2) is 0 Å². The van der Waals surface area contributed by atoms with E-state index in [1.54, 1.807) is 6.20 Å². The Morgan fingerprint density at radius 2 is 2.06 bits per heavy atom. The van der Waals surface area contributed by atoms with Gasteiger partial charge in [0, 0.05) is 12.7 Å². The number of thioether (sulfide) groups is 1. The Hall–Kier alpha value is -0.410. The fraction of sp³-hybridized carbons (Fsp3) is 0.583. The summed E-state index contributed by atoms with van der Waals surface area (Å²) in [4.78, 5) is 4.18. The molecule has 0 bridgehead atoms. The number of anilines is 1. The van der Waals surface area contributed by atoms with Crippen LogP contribution in [0.5, 0.6) is 0 Å². The second kappa shape index (κ2) is 8.71. The lowest BCUT2D eigenvalue weighted by Crippen LogP contribution is -2.02. The maximum Gasteiger partial charge on any atom is 0.125 e. The molecule has 1 aromatic heterocycles. The van der Waals surface area contributed by atoms with Crippen molar-refractivity contribution >= 4 is 29.2 Å². The molecule has 1 rings (SSSR count). The van der Waals surface area contributed by atoms with Crippen molar-refractivity contribution in [3.05, 3.63) is 23.4 Å². The first kappa shape index (κ1) is 13.7. The SMILES string of the molecule is CSCCCCCCNc1ccc(Cl)cn1. The number of halogens is 1. The Labute approximate surface area is 107 Å². The highest BCUT2D eigenvalue weighted by Crippen LogP contribution is 2.10. The molecule has 0 atom stereocenters. The van der Waals surface area contributed by atoms with Gasteiger partial charge in [-0.2, -0.15) is 11.8 Å². The Morgan fingerprint density at radius 1 is 1.25 bits per heavy atom. The number of unbranched alkanes of at least 4 members (excludes halogenated alkanes) is 3. The molecule has 0 radical (unpaired) electrons. The number of nitrogens with zero attached hydrogens (tertiary/aromatic N) is 1. The van der Waals surface area contributed by atoms with Gasteiger partial charge in [0.05, 0.1) is 5.02 Å². The molecule has 0 saturated heterocycles. The molecule has 0 aliphatic heterocycles. The van der Waals surface area contributed by atoms with Crippen molar-refractivity contribution in [1.82, 2.24) is 4.98 Å². The lowest BCUT2D eigenvalue weighted by molar-refractivity contribution is 0.688. The molecule has 90 valence electrons. The fourth-order valence-electron chi connectivity index (χ4n) is 1.42. The smallest absolute Gasteiger partial charge is 0.125 e. The first-order valence-electron chi connectivity index (χ1n) is 5.67. The minimum Gasteiger partial charge on any atom is -0.370 e. The molecule has 1 heterocycles. The van der Waals surface area contributed by atoms with E-state index in [0.717, 1.165) is 12.4 Å². The van der Waals surface area contributed by atoms with Gasteiger partial charge >= 0.3 is 0 Å². The Kier molecular flexibility index (Phi) is 7.43. The summed E-state index contributed by atoms with van der Waals surface area (Å²) in [5.41, 5.74) is 0. The first-order chi connectivity index (χ1) is 7.83. The van der Waals surface area contributed by atoms with E-state index in [1.165, 1.54) is 31.4 Å².